The van der Waals surface area contributed by atoms with Gasteiger partial charge in [-0.3, -0.25) is 0 Å². The maximum absolute atomic E-state index is 13.2. The van der Waals surface area contributed by atoms with Crippen LogP contribution >= 0.6 is 15.9 Å². The van der Waals surface area contributed by atoms with Crippen molar-refractivity contribution < 1.29 is 4.39 Å². The molecule has 3 rings (SSSR count). The normalized spacial score (nSPS) is 14.6. The minimum Gasteiger partial charge on any atom is -0.310 e. The third-order valence-corrected chi connectivity index (χ3v) is 3.66. The van der Waals surface area contributed by atoms with Crippen LogP contribution in [0.25, 0.3) is 11.4 Å². The second kappa shape index (κ2) is 5.35. The van der Waals surface area contributed by atoms with Crippen molar-refractivity contribution in [2.75, 3.05) is 0 Å². The monoisotopic (exact) mass is 321 g/mol. The van der Waals surface area contributed by atoms with Gasteiger partial charge in [0.1, 0.15) is 5.82 Å². The zero-order valence-corrected chi connectivity index (χ0v) is 11.8. The topological polar surface area (TPSA) is 37.8 Å². The average molecular weight is 322 g/mol. The van der Waals surface area contributed by atoms with E-state index in [0.29, 0.717) is 16.3 Å². The Labute approximate surface area is 119 Å². The molecule has 0 saturated heterocycles. The molecule has 3 nitrogen and oxygen atoms in total. The van der Waals surface area contributed by atoms with Gasteiger partial charge in [0.15, 0.2) is 5.82 Å². The van der Waals surface area contributed by atoms with Gasteiger partial charge in [-0.1, -0.05) is 0 Å². The van der Waals surface area contributed by atoms with Crippen molar-refractivity contribution in [2.45, 2.75) is 25.4 Å². The van der Waals surface area contributed by atoms with E-state index < -0.39 is 0 Å². The molecule has 0 amide bonds. The van der Waals surface area contributed by atoms with Crippen LogP contribution in [0.3, 0.4) is 0 Å². The minimum absolute atomic E-state index is 0.283. The fourth-order valence-corrected chi connectivity index (χ4v) is 2.16. The largest absolute Gasteiger partial charge is 0.310 e. The Balaban J connectivity index is 1.74. The number of benzene rings is 1. The van der Waals surface area contributed by atoms with Gasteiger partial charge in [0.05, 0.1) is 4.47 Å². The molecule has 98 valence electrons. The van der Waals surface area contributed by atoms with Crippen LogP contribution in [0, 0.1) is 5.82 Å². The standard InChI is InChI=1S/C14H13BrFN3/c15-12-5-10(1-4-13(12)16)14-18-7-9(8-19-14)6-17-11-2-3-11/h1,4-5,7-8,11,17H,2-3,6H2. The summed E-state index contributed by atoms with van der Waals surface area (Å²) in [6, 6.07) is 5.45. The minimum atomic E-state index is -0.283. The first-order chi connectivity index (χ1) is 9.22. The Kier molecular flexibility index (Phi) is 3.57. The van der Waals surface area contributed by atoms with Crippen LogP contribution < -0.4 is 5.32 Å². The molecular formula is C14H13BrFN3. The van der Waals surface area contributed by atoms with E-state index in [4.69, 9.17) is 0 Å². The van der Waals surface area contributed by atoms with E-state index >= 15 is 0 Å². The lowest BCUT2D eigenvalue weighted by Crippen LogP contribution is -2.15. The highest BCUT2D eigenvalue weighted by Gasteiger charge is 2.19. The smallest absolute Gasteiger partial charge is 0.159 e. The molecule has 1 heterocycles. The maximum Gasteiger partial charge on any atom is 0.159 e. The van der Waals surface area contributed by atoms with Gasteiger partial charge in [-0.05, 0) is 47.0 Å². The van der Waals surface area contributed by atoms with Gasteiger partial charge in [-0.2, -0.15) is 0 Å². The van der Waals surface area contributed by atoms with Crippen molar-refractivity contribution in [3.05, 3.63) is 46.4 Å². The third kappa shape index (κ3) is 3.16. The highest BCUT2D eigenvalue weighted by molar-refractivity contribution is 9.10. The highest BCUT2D eigenvalue weighted by Crippen LogP contribution is 2.23. The van der Waals surface area contributed by atoms with Gasteiger partial charge >= 0.3 is 0 Å². The Morgan fingerprint density at radius 2 is 2.00 bits per heavy atom. The Morgan fingerprint density at radius 1 is 1.26 bits per heavy atom. The summed E-state index contributed by atoms with van der Waals surface area (Å²) in [7, 11) is 0. The zero-order chi connectivity index (χ0) is 13.2. The molecule has 1 saturated carbocycles. The fraction of sp³-hybridized carbons (Fsp3) is 0.286. The SMILES string of the molecule is Fc1ccc(-c2ncc(CNC3CC3)cn2)cc1Br. The summed E-state index contributed by atoms with van der Waals surface area (Å²) in [6.07, 6.45) is 6.16. The van der Waals surface area contributed by atoms with Crippen LogP contribution in [-0.4, -0.2) is 16.0 Å². The van der Waals surface area contributed by atoms with Gasteiger partial charge in [-0.15, -0.1) is 0 Å². The molecular weight excluding hydrogens is 309 g/mol. The van der Waals surface area contributed by atoms with Gasteiger partial charge in [0.2, 0.25) is 0 Å². The lowest BCUT2D eigenvalue weighted by Gasteiger charge is -2.04. The van der Waals surface area contributed by atoms with Crippen LogP contribution in [0.15, 0.2) is 35.1 Å². The second-order valence-corrected chi connectivity index (χ2v) is 5.55. The summed E-state index contributed by atoms with van der Waals surface area (Å²) in [5.41, 5.74) is 1.87. The first-order valence-corrected chi connectivity index (χ1v) is 7.01. The van der Waals surface area contributed by atoms with E-state index in [2.05, 4.69) is 31.2 Å². The van der Waals surface area contributed by atoms with Crippen molar-refractivity contribution in [1.82, 2.24) is 15.3 Å². The van der Waals surface area contributed by atoms with E-state index in [1.165, 1.54) is 18.9 Å². The molecule has 1 aliphatic carbocycles. The van der Waals surface area contributed by atoms with Gasteiger partial charge < -0.3 is 5.32 Å². The molecule has 0 aliphatic heterocycles. The molecule has 19 heavy (non-hydrogen) atoms. The molecule has 1 fully saturated rings. The van der Waals surface area contributed by atoms with Crippen molar-refractivity contribution in [3.63, 3.8) is 0 Å². The van der Waals surface area contributed by atoms with Crippen LogP contribution in [0.4, 0.5) is 4.39 Å². The van der Waals surface area contributed by atoms with Crippen molar-refractivity contribution in [3.8, 4) is 11.4 Å². The molecule has 0 bridgehead atoms. The molecule has 1 aliphatic rings. The first kappa shape index (κ1) is 12.7. The maximum atomic E-state index is 13.2. The molecule has 0 spiro atoms. The predicted molar refractivity (Wildman–Crippen MR) is 75.0 cm³/mol. The molecule has 0 radical (unpaired) electrons. The molecule has 0 atom stereocenters. The number of nitrogens with one attached hydrogen (secondary N) is 1. The van der Waals surface area contributed by atoms with E-state index in [9.17, 15) is 4.39 Å². The molecule has 1 aromatic carbocycles. The lowest BCUT2D eigenvalue weighted by atomic mass is 10.2. The van der Waals surface area contributed by atoms with Crippen molar-refractivity contribution in [1.29, 1.82) is 0 Å². The van der Waals surface area contributed by atoms with E-state index in [-0.39, 0.29) is 5.82 Å². The molecule has 5 heteroatoms. The second-order valence-electron chi connectivity index (χ2n) is 4.70. The molecule has 2 aromatic rings. The summed E-state index contributed by atoms with van der Waals surface area (Å²) >= 11 is 3.16. The van der Waals surface area contributed by atoms with Gasteiger partial charge in [-0.25, -0.2) is 14.4 Å². The first-order valence-electron chi connectivity index (χ1n) is 6.22. The van der Waals surface area contributed by atoms with Crippen LogP contribution in [0.5, 0.6) is 0 Å². The number of nitrogens with zero attached hydrogens (tertiary/aromatic N) is 2. The van der Waals surface area contributed by atoms with Gasteiger partial charge in [0.25, 0.3) is 0 Å². The zero-order valence-electron chi connectivity index (χ0n) is 10.2. The lowest BCUT2D eigenvalue weighted by molar-refractivity contribution is 0.621. The number of rotatable bonds is 4. The Morgan fingerprint density at radius 3 is 2.63 bits per heavy atom. The molecule has 1 N–H and O–H groups in total. The number of halogens is 2. The summed E-state index contributed by atoms with van der Waals surface area (Å²) in [6.45, 7) is 0.804. The summed E-state index contributed by atoms with van der Waals surface area (Å²) < 4.78 is 13.6. The predicted octanol–water partition coefficient (Wildman–Crippen LogP) is 3.30. The Hall–Kier alpha value is -1.33. The van der Waals surface area contributed by atoms with E-state index in [0.717, 1.165) is 17.7 Å². The summed E-state index contributed by atoms with van der Waals surface area (Å²) in [5, 5.41) is 3.41. The van der Waals surface area contributed by atoms with Crippen LogP contribution in [-0.2, 0) is 6.54 Å². The number of hydrogen-bond donors (Lipinski definition) is 1. The van der Waals surface area contributed by atoms with E-state index in [1.54, 1.807) is 12.1 Å². The molecule has 0 unspecified atom stereocenters. The molecule has 1 aromatic heterocycles. The fourth-order valence-electron chi connectivity index (χ4n) is 1.78. The quantitative estimate of drug-likeness (QED) is 0.939. The average Bonchev–Trinajstić information content (AvgIpc) is 3.24. The Bertz CT molecular complexity index is 582. The van der Waals surface area contributed by atoms with Crippen LogP contribution in [0.2, 0.25) is 0 Å². The number of aromatic nitrogens is 2. The third-order valence-electron chi connectivity index (χ3n) is 3.06. The number of hydrogen-bond acceptors (Lipinski definition) is 3. The van der Waals surface area contributed by atoms with Crippen molar-refractivity contribution >= 4 is 15.9 Å². The van der Waals surface area contributed by atoms with Crippen molar-refractivity contribution in [2.24, 2.45) is 0 Å². The summed E-state index contributed by atoms with van der Waals surface area (Å²) in [4.78, 5) is 8.65. The summed E-state index contributed by atoms with van der Waals surface area (Å²) in [5.74, 6) is 0.324. The van der Waals surface area contributed by atoms with Gasteiger partial charge in [0, 0.05) is 36.1 Å². The van der Waals surface area contributed by atoms with Crippen LogP contribution in [0.1, 0.15) is 18.4 Å². The highest BCUT2D eigenvalue weighted by atomic mass is 79.9. The van der Waals surface area contributed by atoms with E-state index in [1.807, 2.05) is 12.4 Å².